The van der Waals surface area contributed by atoms with Crippen molar-refractivity contribution < 1.29 is 28.6 Å². The molecule has 0 saturated heterocycles. The fraction of sp³-hybridized carbons (Fsp3) is 0.897. The van der Waals surface area contributed by atoms with Crippen molar-refractivity contribution in [2.45, 2.75) is 110 Å². The summed E-state index contributed by atoms with van der Waals surface area (Å²) in [5.41, 5.74) is 0.250. The molecule has 0 heterocycles. The first-order valence-corrected chi connectivity index (χ1v) is 14.0. The molecule has 0 amide bonds. The van der Waals surface area contributed by atoms with Gasteiger partial charge in [0, 0.05) is 11.8 Å². The topological polar surface area (TPSA) is 78.9 Å². The normalized spacial score (nSPS) is 43.1. The van der Waals surface area contributed by atoms with Crippen molar-refractivity contribution in [3.8, 4) is 0 Å². The summed E-state index contributed by atoms with van der Waals surface area (Å²) in [6.07, 6.45) is 12.4. The van der Waals surface area contributed by atoms with Crippen LogP contribution >= 0.6 is 0 Å². The van der Waals surface area contributed by atoms with Crippen molar-refractivity contribution >= 4 is 18.9 Å². The molecule has 0 spiro atoms. The van der Waals surface area contributed by atoms with Gasteiger partial charge in [0.2, 0.25) is 0 Å². The average Bonchev–Trinajstić information content (AvgIpc) is 3.21. The van der Waals surface area contributed by atoms with E-state index in [1.54, 1.807) is 0 Å². The zero-order valence-corrected chi connectivity index (χ0v) is 22.2. The summed E-state index contributed by atoms with van der Waals surface area (Å²) in [5.74, 6) is 3.38. The number of hydrogen-bond donors (Lipinski definition) is 0. The molecule has 0 N–H and O–H groups in total. The van der Waals surface area contributed by atoms with Crippen LogP contribution in [0, 0.1) is 46.3 Å². The molecule has 35 heavy (non-hydrogen) atoms. The number of esters is 1. The minimum absolute atomic E-state index is 0.0187. The SMILES string of the molecule is COC(=O)CCCCC(C)[C@H]1CCC2C3CC[C@@H]4C[C@H](OC=O)CC[C@]4(C)C3C[C@H](OC=O)[C@@]21C. The summed E-state index contributed by atoms with van der Waals surface area (Å²) >= 11 is 0. The van der Waals surface area contributed by atoms with Crippen molar-refractivity contribution in [1.29, 1.82) is 0 Å². The van der Waals surface area contributed by atoms with Gasteiger partial charge in [0.05, 0.1) is 7.11 Å². The number of carbonyl (C=O) groups excluding carboxylic acids is 3. The lowest BCUT2D eigenvalue weighted by Gasteiger charge is -2.62. The molecule has 0 aromatic heterocycles. The molecule has 10 atom stereocenters. The van der Waals surface area contributed by atoms with E-state index in [2.05, 4.69) is 20.8 Å². The zero-order valence-electron chi connectivity index (χ0n) is 22.2. The van der Waals surface area contributed by atoms with E-state index in [9.17, 15) is 14.4 Å². The molecule has 0 aromatic carbocycles. The van der Waals surface area contributed by atoms with Crippen LogP contribution in [0.25, 0.3) is 0 Å². The number of hydrogen-bond acceptors (Lipinski definition) is 6. The number of ether oxygens (including phenoxy) is 3. The summed E-state index contributed by atoms with van der Waals surface area (Å²) in [7, 11) is 1.45. The van der Waals surface area contributed by atoms with Crippen molar-refractivity contribution in [2.24, 2.45) is 46.3 Å². The summed E-state index contributed by atoms with van der Waals surface area (Å²) in [6.45, 7) is 8.58. The molecule has 4 aliphatic carbocycles. The molecule has 4 rings (SSSR count). The summed E-state index contributed by atoms with van der Waals surface area (Å²) in [6, 6.07) is 0. The molecular formula is C29H46O6. The first kappa shape index (κ1) is 26.5. The molecule has 0 aromatic rings. The Morgan fingerprint density at radius 3 is 2.46 bits per heavy atom. The van der Waals surface area contributed by atoms with E-state index in [0.717, 1.165) is 44.9 Å². The molecule has 0 bridgehead atoms. The third kappa shape index (κ3) is 4.75. The highest BCUT2D eigenvalue weighted by molar-refractivity contribution is 5.68. The molecular weight excluding hydrogens is 444 g/mol. The Bertz CT molecular complexity index is 768. The first-order valence-electron chi connectivity index (χ1n) is 14.0. The Hall–Kier alpha value is -1.59. The minimum Gasteiger partial charge on any atom is -0.469 e. The van der Waals surface area contributed by atoms with Crippen molar-refractivity contribution in [2.75, 3.05) is 7.11 Å². The molecule has 198 valence electrons. The van der Waals surface area contributed by atoms with Gasteiger partial charge in [0.15, 0.2) is 0 Å². The van der Waals surface area contributed by atoms with E-state index >= 15 is 0 Å². The van der Waals surface area contributed by atoms with Gasteiger partial charge in [0.1, 0.15) is 12.2 Å². The second-order valence-corrected chi connectivity index (χ2v) is 12.6. The zero-order chi connectivity index (χ0) is 25.2. The van der Waals surface area contributed by atoms with Gasteiger partial charge in [-0.15, -0.1) is 0 Å². The monoisotopic (exact) mass is 490 g/mol. The lowest BCUT2D eigenvalue weighted by atomic mass is 9.43. The van der Waals surface area contributed by atoms with E-state index in [-0.39, 0.29) is 29.0 Å². The quantitative estimate of drug-likeness (QED) is 0.169. The van der Waals surface area contributed by atoms with Gasteiger partial charge in [-0.1, -0.05) is 33.6 Å². The highest BCUT2D eigenvalue weighted by Gasteiger charge is 2.64. The average molecular weight is 491 g/mol. The van der Waals surface area contributed by atoms with E-state index in [4.69, 9.17) is 14.2 Å². The molecule has 4 aliphatic rings. The fourth-order valence-electron chi connectivity index (χ4n) is 9.63. The minimum atomic E-state index is -0.126. The first-order chi connectivity index (χ1) is 16.8. The standard InChI is InChI=1S/C29H46O6/c1-19(7-5-6-8-27(32)33-4)23-11-12-24-22-10-9-20-15-21(34-17-30)13-14-28(20,2)25(22)16-26(35-18-31)29(23,24)3/h17-26H,5-16H2,1-4H3/t19?,20-,21-,22?,23-,24?,25?,26+,28+,29-/m1/s1. The summed E-state index contributed by atoms with van der Waals surface area (Å²) in [4.78, 5) is 34.1. The predicted octanol–water partition coefficient (Wildman–Crippen LogP) is 5.71. The third-order valence-corrected chi connectivity index (χ3v) is 11.4. The van der Waals surface area contributed by atoms with Crippen molar-refractivity contribution in [3.05, 3.63) is 0 Å². The van der Waals surface area contributed by atoms with Crippen LogP contribution in [0.5, 0.6) is 0 Å². The van der Waals surface area contributed by atoms with Crippen molar-refractivity contribution in [3.63, 3.8) is 0 Å². The summed E-state index contributed by atoms with van der Waals surface area (Å²) in [5, 5.41) is 0. The van der Waals surface area contributed by atoms with Gasteiger partial charge >= 0.3 is 5.97 Å². The van der Waals surface area contributed by atoms with Gasteiger partial charge in [-0.25, -0.2) is 0 Å². The Kier molecular flexibility index (Phi) is 8.17. The molecule has 4 fully saturated rings. The van der Waals surface area contributed by atoms with Crippen LogP contribution in [0.3, 0.4) is 0 Å². The maximum Gasteiger partial charge on any atom is 0.305 e. The summed E-state index contributed by atoms with van der Waals surface area (Å²) < 4.78 is 16.1. The predicted molar refractivity (Wildman–Crippen MR) is 132 cm³/mol. The van der Waals surface area contributed by atoms with Crippen LogP contribution in [-0.4, -0.2) is 38.2 Å². The molecule has 6 nitrogen and oxygen atoms in total. The number of carbonyl (C=O) groups is 3. The maximum atomic E-state index is 11.7. The van der Waals surface area contributed by atoms with Gasteiger partial charge in [-0.2, -0.15) is 0 Å². The van der Waals surface area contributed by atoms with Crippen LogP contribution < -0.4 is 0 Å². The molecule has 4 unspecified atom stereocenters. The highest BCUT2D eigenvalue weighted by atomic mass is 16.5. The Morgan fingerprint density at radius 2 is 1.74 bits per heavy atom. The van der Waals surface area contributed by atoms with Crippen LogP contribution in [0.1, 0.15) is 97.8 Å². The molecule has 0 aliphatic heterocycles. The molecule has 4 saturated carbocycles. The Balaban J connectivity index is 1.50. The number of unbranched alkanes of at least 4 members (excludes halogenated alkanes) is 1. The Morgan fingerprint density at radius 1 is 0.971 bits per heavy atom. The largest absolute Gasteiger partial charge is 0.469 e. The van der Waals surface area contributed by atoms with Crippen LogP contribution in [-0.2, 0) is 28.6 Å². The molecule has 0 radical (unpaired) electrons. The molecule has 6 heteroatoms. The van der Waals surface area contributed by atoms with E-state index < -0.39 is 0 Å². The van der Waals surface area contributed by atoms with Crippen LogP contribution in [0.15, 0.2) is 0 Å². The van der Waals surface area contributed by atoms with Gasteiger partial charge in [-0.05, 0) is 98.7 Å². The Labute approximate surface area is 211 Å². The van der Waals surface area contributed by atoms with E-state index in [1.165, 1.54) is 32.8 Å². The van der Waals surface area contributed by atoms with E-state index in [1.807, 2.05) is 0 Å². The smallest absolute Gasteiger partial charge is 0.305 e. The number of rotatable bonds is 10. The van der Waals surface area contributed by atoms with Crippen LogP contribution in [0.4, 0.5) is 0 Å². The highest BCUT2D eigenvalue weighted by Crippen LogP contribution is 2.69. The second kappa shape index (κ2) is 10.8. The lowest BCUT2D eigenvalue weighted by molar-refractivity contribution is -0.190. The van der Waals surface area contributed by atoms with E-state index in [0.29, 0.717) is 54.9 Å². The van der Waals surface area contributed by atoms with Crippen molar-refractivity contribution in [1.82, 2.24) is 0 Å². The van der Waals surface area contributed by atoms with Crippen LogP contribution in [0.2, 0.25) is 0 Å². The second-order valence-electron chi connectivity index (χ2n) is 12.6. The van der Waals surface area contributed by atoms with Gasteiger partial charge in [-0.3, -0.25) is 14.4 Å². The number of methoxy groups -OCH3 is 1. The maximum absolute atomic E-state index is 11.7. The lowest BCUT2D eigenvalue weighted by Crippen LogP contribution is -2.59. The number of fused-ring (bicyclic) bond motifs is 5. The fourth-order valence-corrected chi connectivity index (χ4v) is 9.63. The van der Waals surface area contributed by atoms with Gasteiger partial charge in [0.25, 0.3) is 12.9 Å². The third-order valence-electron chi connectivity index (χ3n) is 11.4. The van der Waals surface area contributed by atoms with Gasteiger partial charge < -0.3 is 14.2 Å².